The second kappa shape index (κ2) is 11.6. The molecule has 0 atom stereocenters. The standard InChI is InChI=1S/C28H33F6N9/c1-16(35)23-10-20(25(37-24(23)36-2)42(12-17-4-5-17)13-18-6-7-18)15-43(26-38-40-41(3)39-26)14-19-8-21(27(29,30)31)11-22(9-19)28(32,33)34/h8-11,17-18,35H,4-7,12-15H2,1-3H3,(H,36,37). The quantitative estimate of drug-likeness (QED) is 0.195. The highest BCUT2D eigenvalue weighted by Gasteiger charge is 2.37. The van der Waals surface area contributed by atoms with E-state index in [0.29, 0.717) is 46.7 Å². The molecular formula is C28H33F6N9. The summed E-state index contributed by atoms with van der Waals surface area (Å²) in [5.74, 6) is 2.25. The zero-order chi connectivity index (χ0) is 31.1. The monoisotopic (exact) mass is 609 g/mol. The van der Waals surface area contributed by atoms with Gasteiger partial charge in [0.2, 0.25) is 0 Å². The molecule has 3 aromatic rings. The maximum Gasteiger partial charge on any atom is 0.416 e. The van der Waals surface area contributed by atoms with Crippen molar-refractivity contribution in [3.63, 3.8) is 0 Å². The molecule has 2 heterocycles. The zero-order valence-electron chi connectivity index (χ0n) is 24.0. The fourth-order valence-electron chi connectivity index (χ4n) is 5.02. The van der Waals surface area contributed by atoms with E-state index in [0.717, 1.165) is 38.8 Å². The summed E-state index contributed by atoms with van der Waals surface area (Å²) < 4.78 is 81.8. The molecule has 2 aromatic heterocycles. The van der Waals surface area contributed by atoms with Crippen LogP contribution in [0, 0.1) is 17.2 Å². The summed E-state index contributed by atoms with van der Waals surface area (Å²) in [5.41, 5.74) is -1.58. The molecule has 0 unspecified atom stereocenters. The zero-order valence-corrected chi connectivity index (χ0v) is 24.0. The third-order valence-electron chi connectivity index (χ3n) is 7.53. The minimum absolute atomic E-state index is 0.00172. The molecule has 0 saturated heterocycles. The molecule has 9 nitrogen and oxygen atoms in total. The van der Waals surface area contributed by atoms with Crippen LogP contribution in [0.4, 0.5) is 43.9 Å². The molecule has 0 radical (unpaired) electrons. The Morgan fingerprint density at radius 3 is 1.95 bits per heavy atom. The van der Waals surface area contributed by atoms with Crippen LogP contribution >= 0.6 is 0 Å². The van der Waals surface area contributed by atoms with E-state index in [1.807, 2.05) is 0 Å². The van der Waals surface area contributed by atoms with Crippen molar-refractivity contribution in [1.82, 2.24) is 25.2 Å². The third kappa shape index (κ3) is 7.54. The van der Waals surface area contributed by atoms with Crippen molar-refractivity contribution in [2.75, 3.05) is 35.3 Å². The molecule has 0 spiro atoms. The van der Waals surface area contributed by atoms with Crippen molar-refractivity contribution in [2.24, 2.45) is 18.9 Å². The van der Waals surface area contributed by atoms with Crippen LogP contribution in [0.3, 0.4) is 0 Å². The summed E-state index contributed by atoms with van der Waals surface area (Å²) in [7, 11) is 3.23. The van der Waals surface area contributed by atoms with Gasteiger partial charge < -0.3 is 20.5 Å². The van der Waals surface area contributed by atoms with Gasteiger partial charge >= 0.3 is 12.4 Å². The number of nitrogens with zero attached hydrogens (tertiary/aromatic N) is 7. The maximum atomic E-state index is 13.6. The molecule has 232 valence electrons. The number of hydrogen-bond acceptors (Lipinski definition) is 8. The van der Waals surface area contributed by atoms with Crippen LogP contribution < -0.4 is 15.1 Å². The Kier molecular flexibility index (Phi) is 8.27. The lowest BCUT2D eigenvalue weighted by Gasteiger charge is -2.30. The lowest BCUT2D eigenvalue weighted by atomic mass is 10.0. The van der Waals surface area contributed by atoms with Crippen LogP contribution in [0.5, 0.6) is 0 Å². The first-order valence-corrected chi connectivity index (χ1v) is 14.0. The Labute approximate surface area is 244 Å². The van der Waals surface area contributed by atoms with Gasteiger partial charge in [-0.25, -0.2) is 4.98 Å². The summed E-state index contributed by atoms with van der Waals surface area (Å²) in [4.78, 5) is 9.79. The van der Waals surface area contributed by atoms with Crippen molar-refractivity contribution >= 4 is 23.3 Å². The molecule has 15 heteroatoms. The lowest BCUT2D eigenvalue weighted by Crippen LogP contribution is -2.32. The van der Waals surface area contributed by atoms with E-state index in [4.69, 9.17) is 10.4 Å². The summed E-state index contributed by atoms with van der Waals surface area (Å²) in [6.45, 7) is 2.83. The van der Waals surface area contributed by atoms with Gasteiger partial charge in [-0.15, -0.1) is 5.10 Å². The normalized spacial score (nSPS) is 15.5. The maximum absolute atomic E-state index is 13.6. The number of pyridine rings is 1. The fraction of sp³-hybridized carbons (Fsp3) is 0.536. The van der Waals surface area contributed by atoms with Crippen molar-refractivity contribution in [2.45, 2.75) is 58.0 Å². The van der Waals surface area contributed by atoms with Gasteiger partial charge in [0.25, 0.3) is 5.95 Å². The van der Waals surface area contributed by atoms with E-state index >= 15 is 0 Å². The second-order valence-electron chi connectivity index (χ2n) is 11.4. The first-order chi connectivity index (χ1) is 20.2. The van der Waals surface area contributed by atoms with Gasteiger partial charge in [0.15, 0.2) is 0 Å². The fourth-order valence-corrected chi connectivity index (χ4v) is 5.02. The SMILES string of the molecule is CNc1nc(N(CC2CC2)CC2CC2)c(CN(Cc2cc(C(F)(F)F)cc(C(F)(F)F)c2)c2nnn(C)n2)cc1C(C)=N. The first kappa shape index (κ1) is 30.5. The predicted molar refractivity (Wildman–Crippen MR) is 149 cm³/mol. The van der Waals surface area contributed by atoms with E-state index in [1.165, 1.54) is 16.7 Å². The van der Waals surface area contributed by atoms with Gasteiger partial charge in [-0.2, -0.15) is 31.1 Å². The van der Waals surface area contributed by atoms with E-state index in [2.05, 4.69) is 25.6 Å². The molecular weight excluding hydrogens is 576 g/mol. The van der Waals surface area contributed by atoms with Crippen molar-refractivity contribution < 1.29 is 26.3 Å². The van der Waals surface area contributed by atoms with Crippen molar-refractivity contribution in [3.05, 3.63) is 52.1 Å². The average Bonchev–Trinajstić information content (AvgIpc) is 3.87. The number of halogens is 6. The molecule has 0 aliphatic heterocycles. The molecule has 5 rings (SSSR count). The lowest BCUT2D eigenvalue weighted by molar-refractivity contribution is -0.143. The molecule has 43 heavy (non-hydrogen) atoms. The average molecular weight is 610 g/mol. The Hall–Kier alpha value is -3.91. The number of anilines is 3. The molecule has 2 saturated carbocycles. The van der Waals surface area contributed by atoms with Gasteiger partial charge in [0.05, 0.1) is 18.2 Å². The number of nitrogens with one attached hydrogen (secondary N) is 2. The second-order valence-corrected chi connectivity index (χ2v) is 11.4. The van der Waals surface area contributed by atoms with Crippen LogP contribution in [0.25, 0.3) is 0 Å². The largest absolute Gasteiger partial charge is 0.416 e. The summed E-state index contributed by atoms with van der Waals surface area (Å²) in [6, 6.07) is 3.34. The first-order valence-electron chi connectivity index (χ1n) is 14.0. The van der Waals surface area contributed by atoms with Crippen LogP contribution in [0.2, 0.25) is 0 Å². The molecule has 2 aliphatic rings. The van der Waals surface area contributed by atoms with Gasteiger partial charge in [0, 0.05) is 50.1 Å². The minimum Gasteiger partial charge on any atom is -0.373 e. The smallest absolute Gasteiger partial charge is 0.373 e. The number of alkyl halides is 6. The highest BCUT2D eigenvalue weighted by molar-refractivity contribution is 6.01. The van der Waals surface area contributed by atoms with E-state index in [9.17, 15) is 26.3 Å². The Morgan fingerprint density at radius 2 is 1.51 bits per heavy atom. The Balaban J connectivity index is 1.59. The number of aryl methyl sites for hydroxylation is 1. The van der Waals surface area contributed by atoms with Gasteiger partial charge in [-0.1, -0.05) is 5.10 Å². The van der Waals surface area contributed by atoms with E-state index in [-0.39, 0.29) is 36.4 Å². The van der Waals surface area contributed by atoms with E-state index in [1.54, 1.807) is 20.0 Å². The molecule has 2 aliphatic carbocycles. The van der Waals surface area contributed by atoms with Crippen LogP contribution in [0.15, 0.2) is 24.3 Å². The molecule has 2 fully saturated rings. The molecule has 0 bridgehead atoms. The summed E-state index contributed by atoms with van der Waals surface area (Å²) in [5, 5.41) is 23.5. The number of rotatable bonds is 12. The molecule has 0 amide bonds. The Morgan fingerprint density at radius 1 is 0.930 bits per heavy atom. The molecule has 1 aromatic carbocycles. The minimum atomic E-state index is -4.98. The number of tetrazole rings is 1. The highest BCUT2D eigenvalue weighted by atomic mass is 19.4. The van der Waals surface area contributed by atoms with Gasteiger partial charge in [-0.3, -0.25) is 0 Å². The topological polar surface area (TPSA) is 98.8 Å². The molecule has 2 N–H and O–H groups in total. The summed E-state index contributed by atoms with van der Waals surface area (Å²) >= 11 is 0. The number of hydrogen-bond donors (Lipinski definition) is 2. The van der Waals surface area contributed by atoms with Crippen molar-refractivity contribution in [1.29, 1.82) is 5.41 Å². The predicted octanol–water partition coefficient (Wildman–Crippen LogP) is 5.91. The van der Waals surface area contributed by atoms with Crippen LogP contribution in [-0.2, 0) is 32.5 Å². The Bertz CT molecular complexity index is 1430. The van der Waals surface area contributed by atoms with E-state index < -0.39 is 23.5 Å². The summed E-state index contributed by atoms with van der Waals surface area (Å²) in [6.07, 6.45) is -5.51. The van der Waals surface area contributed by atoms with Gasteiger partial charge in [-0.05, 0) is 79.5 Å². The van der Waals surface area contributed by atoms with Crippen molar-refractivity contribution in [3.8, 4) is 0 Å². The van der Waals surface area contributed by atoms with Gasteiger partial charge in [0.1, 0.15) is 11.6 Å². The number of benzene rings is 1. The number of aromatic nitrogens is 5. The highest BCUT2D eigenvalue weighted by Crippen LogP contribution is 2.39. The third-order valence-corrected chi connectivity index (χ3v) is 7.53. The van der Waals surface area contributed by atoms with Crippen LogP contribution in [-0.4, -0.2) is 51.0 Å². The van der Waals surface area contributed by atoms with Crippen LogP contribution in [0.1, 0.15) is 60.4 Å².